The molecule has 1 amide bonds. The predicted molar refractivity (Wildman–Crippen MR) is 83.6 cm³/mol. The molecule has 0 radical (unpaired) electrons. The molecule has 0 aromatic heterocycles. The zero-order valence-electron chi connectivity index (χ0n) is 13.4. The Balaban J connectivity index is 1.48. The van der Waals surface area contributed by atoms with Crippen LogP contribution in [0.4, 0.5) is 8.78 Å². The molecule has 7 heteroatoms. The van der Waals surface area contributed by atoms with Gasteiger partial charge in [0, 0.05) is 37.3 Å². The van der Waals surface area contributed by atoms with Crippen LogP contribution in [0.3, 0.4) is 0 Å². The van der Waals surface area contributed by atoms with E-state index >= 15 is 0 Å². The smallest absolute Gasteiger partial charge is 0.231 e. The molecule has 1 aliphatic carbocycles. The maximum absolute atomic E-state index is 13.2. The number of ether oxygens (including phenoxy) is 1. The summed E-state index contributed by atoms with van der Waals surface area (Å²) in [5.74, 6) is -1.23. The fourth-order valence-electron chi connectivity index (χ4n) is 3.22. The normalized spacial score (nSPS) is 25.6. The molecule has 2 fully saturated rings. The maximum atomic E-state index is 13.2. The Morgan fingerprint density at radius 1 is 1.21 bits per heavy atom. The van der Waals surface area contributed by atoms with E-state index in [1.54, 1.807) is 0 Å². The lowest BCUT2D eigenvalue weighted by molar-refractivity contribution is -0.138. The van der Waals surface area contributed by atoms with Gasteiger partial charge in [0.15, 0.2) is 0 Å². The molecule has 0 atom stereocenters. The van der Waals surface area contributed by atoms with Crippen LogP contribution in [0.2, 0.25) is 0 Å². The van der Waals surface area contributed by atoms with Gasteiger partial charge in [0.2, 0.25) is 5.91 Å². The zero-order valence-corrected chi connectivity index (χ0v) is 13.4. The van der Waals surface area contributed by atoms with Crippen LogP contribution in [0.1, 0.15) is 25.7 Å². The van der Waals surface area contributed by atoms with E-state index in [1.807, 2.05) is 0 Å². The minimum Gasteiger partial charge on any atom is -0.490 e. The number of carbonyl (C=O) groups is 1. The van der Waals surface area contributed by atoms with E-state index in [9.17, 15) is 18.7 Å². The molecule has 132 valence electrons. The standard InChI is InChI=1S/C17H22F2N2O3/c18-11-5-12(19)7-15(6-11)24-14-3-1-13(2-4-14)21-16(23)17(10-22)8-20-9-17/h5-7,13-14,20,22H,1-4,8-10H2,(H,21,23). The molecule has 5 nitrogen and oxygen atoms in total. The Labute approximate surface area is 139 Å². The van der Waals surface area contributed by atoms with E-state index < -0.39 is 17.0 Å². The molecule has 0 spiro atoms. The Morgan fingerprint density at radius 3 is 2.33 bits per heavy atom. The molecule has 3 N–H and O–H groups in total. The number of aliphatic hydroxyl groups excluding tert-OH is 1. The minimum atomic E-state index is -0.688. The van der Waals surface area contributed by atoms with Crippen molar-refractivity contribution in [2.24, 2.45) is 5.41 Å². The van der Waals surface area contributed by atoms with E-state index in [2.05, 4.69) is 10.6 Å². The summed E-state index contributed by atoms with van der Waals surface area (Å²) in [5, 5.41) is 15.4. The third kappa shape index (κ3) is 3.67. The van der Waals surface area contributed by atoms with Crippen molar-refractivity contribution in [3.8, 4) is 5.75 Å². The van der Waals surface area contributed by atoms with Crippen molar-refractivity contribution in [1.29, 1.82) is 0 Å². The van der Waals surface area contributed by atoms with Gasteiger partial charge < -0.3 is 20.5 Å². The van der Waals surface area contributed by atoms with Gasteiger partial charge in [-0.15, -0.1) is 0 Å². The number of hydrogen-bond donors (Lipinski definition) is 3. The SMILES string of the molecule is O=C(NC1CCC(Oc2cc(F)cc(F)c2)CC1)C1(CO)CNC1. The Kier molecular flexibility index (Phi) is 5.01. The lowest BCUT2D eigenvalue weighted by atomic mass is 9.81. The highest BCUT2D eigenvalue weighted by Gasteiger charge is 2.44. The lowest BCUT2D eigenvalue weighted by Gasteiger charge is -2.41. The van der Waals surface area contributed by atoms with Crippen LogP contribution in [0.15, 0.2) is 18.2 Å². The molecule has 0 bridgehead atoms. The highest BCUT2D eigenvalue weighted by atomic mass is 19.1. The summed E-state index contributed by atoms with van der Waals surface area (Å²) < 4.78 is 32.0. The van der Waals surface area contributed by atoms with Gasteiger partial charge in [-0.3, -0.25) is 4.79 Å². The topological polar surface area (TPSA) is 70.6 Å². The highest BCUT2D eigenvalue weighted by Crippen LogP contribution is 2.27. The van der Waals surface area contributed by atoms with Crippen LogP contribution in [-0.2, 0) is 4.79 Å². The second kappa shape index (κ2) is 7.03. The van der Waals surface area contributed by atoms with E-state index in [0.29, 0.717) is 25.9 Å². The number of rotatable bonds is 5. The Bertz CT molecular complexity index is 574. The first-order valence-corrected chi connectivity index (χ1v) is 8.26. The summed E-state index contributed by atoms with van der Waals surface area (Å²) in [6.45, 7) is 0.841. The molecule has 3 rings (SSSR count). The third-order valence-electron chi connectivity index (χ3n) is 4.86. The molecule has 1 saturated carbocycles. The van der Waals surface area contributed by atoms with Crippen molar-refractivity contribution in [1.82, 2.24) is 10.6 Å². The molecule has 1 heterocycles. The van der Waals surface area contributed by atoms with Crippen molar-refractivity contribution in [2.75, 3.05) is 19.7 Å². The highest BCUT2D eigenvalue weighted by molar-refractivity contribution is 5.84. The Hall–Kier alpha value is -1.73. The summed E-state index contributed by atoms with van der Waals surface area (Å²) in [6, 6.07) is 3.20. The molecule has 1 aliphatic heterocycles. The van der Waals surface area contributed by atoms with Crippen molar-refractivity contribution in [2.45, 2.75) is 37.8 Å². The summed E-state index contributed by atoms with van der Waals surface area (Å²) in [4.78, 5) is 12.3. The molecule has 1 aromatic rings. The van der Waals surface area contributed by atoms with Gasteiger partial charge in [-0.2, -0.15) is 0 Å². The van der Waals surface area contributed by atoms with Gasteiger partial charge >= 0.3 is 0 Å². The summed E-state index contributed by atoms with van der Waals surface area (Å²) in [7, 11) is 0. The van der Waals surface area contributed by atoms with Crippen molar-refractivity contribution in [3.63, 3.8) is 0 Å². The van der Waals surface area contributed by atoms with E-state index in [0.717, 1.165) is 18.9 Å². The number of hydrogen-bond acceptors (Lipinski definition) is 4. The third-order valence-corrected chi connectivity index (χ3v) is 4.86. The molecule has 0 unspecified atom stereocenters. The van der Waals surface area contributed by atoms with Crippen LogP contribution in [0.5, 0.6) is 5.75 Å². The summed E-state index contributed by atoms with van der Waals surface area (Å²) >= 11 is 0. The molecular formula is C17H22F2N2O3. The Morgan fingerprint density at radius 2 is 1.83 bits per heavy atom. The van der Waals surface area contributed by atoms with Crippen molar-refractivity contribution < 1.29 is 23.4 Å². The van der Waals surface area contributed by atoms with Gasteiger partial charge in [0.05, 0.1) is 18.1 Å². The van der Waals surface area contributed by atoms with Gasteiger partial charge in [-0.05, 0) is 25.7 Å². The van der Waals surface area contributed by atoms with Crippen molar-refractivity contribution in [3.05, 3.63) is 29.8 Å². The number of amides is 1. The number of halogens is 2. The first-order valence-electron chi connectivity index (χ1n) is 8.26. The second-order valence-corrected chi connectivity index (χ2v) is 6.71. The summed E-state index contributed by atoms with van der Waals surface area (Å²) in [5.41, 5.74) is -0.688. The molecule has 2 aliphatic rings. The first kappa shape index (κ1) is 17.1. The van der Waals surface area contributed by atoms with Gasteiger partial charge in [0.1, 0.15) is 17.4 Å². The minimum absolute atomic E-state index is 0.0469. The lowest BCUT2D eigenvalue weighted by Crippen LogP contribution is -2.64. The molecule has 1 aromatic carbocycles. The number of aliphatic hydroxyl groups is 1. The van der Waals surface area contributed by atoms with Crippen LogP contribution in [0, 0.1) is 17.0 Å². The van der Waals surface area contributed by atoms with Crippen LogP contribution >= 0.6 is 0 Å². The van der Waals surface area contributed by atoms with E-state index in [1.165, 1.54) is 12.1 Å². The average molecular weight is 340 g/mol. The second-order valence-electron chi connectivity index (χ2n) is 6.71. The molecular weight excluding hydrogens is 318 g/mol. The van der Waals surface area contributed by atoms with Gasteiger partial charge in [-0.1, -0.05) is 0 Å². The first-order chi connectivity index (χ1) is 11.5. The van der Waals surface area contributed by atoms with E-state index in [4.69, 9.17) is 4.74 Å². The number of nitrogens with one attached hydrogen (secondary N) is 2. The van der Waals surface area contributed by atoms with Gasteiger partial charge in [-0.25, -0.2) is 8.78 Å². The van der Waals surface area contributed by atoms with E-state index in [-0.39, 0.29) is 30.4 Å². The fraction of sp³-hybridized carbons (Fsp3) is 0.588. The molecule has 24 heavy (non-hydrogen) atoms. The number of benzene rings is 1. The van der Waals surface area contributed by atoms with Crippen LogP contribution in [-0.4, -0.2) is 42.9 Å². The van der Waals surface area contributed by atoms with Gasteiger partial charge in [0.25, 0.3) is 0 Å². The largest absolute Gasteiger partial charge is 0.490 e. The van der Waals surface area contributed by atoms with Crippen LogP contribution in [0.25, 0.3) is 0 Å². The maximum Gasteiger partial charge on any atom is 0.231 e. The predicted octanol–water partition coefficient (Wildman–Crippen LogP) is 1.35. The average Bonchev–Trinajstić information content (AvgIpc) is 2.47. The summed E-state index contributed by atoms with van der Waals surface area (Å²) in [6.07, 6.45) is 2.77. The molecule has 1 saturated heterocycles. The monoisotopic (exact) mass is 340 g/mol. The van der Waals surface area contributed by atoms with Crippen molar-refractivity contribution >= 4 is 5.91 Å². The quantitative estimate of drug-likeness (QED) is 0.757. The number of carbonyl (C=O) groups excluding carboxylic acids is 1. The van der Waals surface area contributed by atoms with Crippen LogP contribution < -0.4 is 15.4 Å². The fourth-order valence-corrected chi connectivity index (χ4v) is 3.22. The zero-order chi connectivity index (χ0) is 17.2.